The molecule has 1 fully saturated rings. The molecule has 2 aliphatic rings. The summed E-state index contributed by atoms with van der Waals surface area (Å²) < 4.78 is 18.9. The van der Waals surface area contributed by atoms with Crippen molar-refractivity contribution in [2.24, 2.45) is 5.73 Å². The minimum absolute atomic E-state index is 0. The Morgan fingerprint density at radius 2 is 2.14 bits per heavy atom. The molecule has 116 valence electrons. The average molecular weight is 318 g/mol. The lowest BCUT2D eigenvalue weighted by atomic mass is 10.1. The van der Waals surface area contributed by atoms with Gasteiger partial charge in [0.2, 0.25) is 0 Å². The van der Waals surface area contributed by atoms with Crippen molar-refractivity contribution in [3.8, 4) is 0 Å². The first-order valence-electron chi connectivity index (χ1n) is 6.68. The van der Waals surface area contributed by atoms with Crippen molar-refractivity contribution in [3.63, 3.8) is 0 Å². The third kappa shape index (κ3) is 2.75. The van der Waals surface area contributed by atoms with E-state index in [-0.39, 0.29) is 48.6 Å². The maximum atomic E-state index is 12.5. The minimum Gasteiger partial charge on any atom is -0.380 e. The normalized spacial score (nSPS) is 18.5. The SMILES string of the molecule is Cl.NC/C(=C\F)Cn1oc2c(c1=O)C(=O)N(C1CC1)CC2. The Morgan fingerprint density at radius 3 is 2.71 bits per heavy atom. The van der Waals surface area contributed by atoms with Crippen LogP contribution in [0.15, 0.2) is 21.2 Å². The van der Waals surface area contributed by atoms with E-state index in [1.165, 1.54) is 0 Å². The lowest BCUT2D eigenvalue weighted by Crippen LogP contribution is -2.41. The fraction of sp³-hybridized carbons (Fsp3) is 0.538. The van der Waals surface area contributed by atoms with Crippen LogP contribution in [0.3, 0.4) is 0 Å². The molecule has 0 spiro atoms. The van der Waals surface area contributed by atoms with E-state index in [4.69, 9.17) is 10.3 Å². The van der Waals surface area contributed by atoms with Gasteiger partial charge in [0.25, 0.3) is 11.5 Å². The number of hydrogen-bond donors (Lipinski definition) is 1. The van der Waals surface area contributed by atoms with Gasteiger partial charge in [-0.2, -0.15) is 4.74 Å². The van der Waals surface area contributed by atoms with Crippen molar-refractivity contribution >= 4 is 18.3 Å². The summed E-state index contributed by atoms with van der Waals surface area (Å²) in [6.45, 7) is 0.512. The summed E-state index contributed by atoms with van der Waals surface area (Å²) in [6.07, 6.45) is 2.88. The van der Waals surface area contributed by atoms with Gasteiger partial charge in [-0.3, -0.25) is 9.59 Å². The van der Waals surface area contributed by atoms with Gasteiger partial charge < -0.3 is 15.2 Å². The van der Waals surface area contributed by atoms with Crippen molar-refractivity contribution in [1.29, 1.82) is 0 Å². The van der Waals surface area contributed by atoms with Gasteiger partial charge in [0.05, 0.1) is 12.9 Å². The summed E-state index contributed by atoms with van der Waals surface area (Å²) in [4.78, 5) is 26.2. The molecular formula is C13H17ClFN3O3. The van der Waals surface area contributed by atoms with Gasteiger partial charge in [-0.1, -0.05) is 0 Å². The third-order valence-electron chi connectivity index (χ3n) is 3.74. The number of rotatable bonds is 4. The molecule has 0 saturated heterocycles. The van der Waals surface area contributed by atoms with Gasteiger partial charge >= 0.3 is 0 Å². The second-order valence-electron chi connectivity index (χ2n) is 5.18. The quantitative estimate of drug-likeness (QED) is 0.892. The Kier molecular flexibility index (Phi) is 4.53. The van der Waals surface area contributed by atoms with E-state index in [9.17, 15) is 14.0 Å². The summed E-state index contributed by atoms with van der Waals surface area (Å²) in [5, 5.41) is 0. The van der Waals surface area contributed by atoms with Gasteiger partial charge in [-0.15, -0.1) is 12.4 Å². The van der Waals surface area contributed by atoms with Crippen LogP contribution in [0.5, 0.6) is 0 Å². The Hall–Kier alpha value is -1.60. The van der Waals surface area contributed by atoms with Gasteiger partial charge in [-0.25, -0.2) is 4.39 Å². The zero-order chi connectivity index (χ0) is 14.3. The molecule has 1 aromatic rings. The molecule has 1 aliphatic carbocycles. The Morgan fingerprint density at radius 1 is 1.43 bits per heavy atom. The van der Waals surface area contributed by atoms with E-state index in [2.05, 4.69) is 0 Å². The van der Waals surface area contributed by atoms with Crippen LogP contribution in [-0.2, 0) is 13.0 Å². The second-order valence-corrected chi connectivity index (χ2v) is 5.18. The first-order valence-corrected chi connectivity index (χ1v) is 6.68. The van der Waals surface area contributed by atoms with Crippen LogP contribution >= 0.6 is 12.4 Å². The van der Waals surface area contributed by atoms with Gasteiger partial charge in [0.1, 0.15) is 5.56 Å². The fourth-order valence-corrected chi connectivity index (χ4v) is 2.48. The maximum absolute atomic E-state index is 12.5. The van der Waals surface area contributed by atoms with Crippen molar-refractivity contribution in [3.05, 3.63) is 33.6 Å². The van der Waals surface area contributed by atoms with Crippen LogP contribution < -0.4 is 11.3 Å². The summed E-state index contributed by atoms with van der Waals surface area (Å²) in [5.74, 6) is 0.131. The highest BCUT2D eigenvalue weighted by Crippen LogP contribution is 2.30. The number of carbonyl (C=O) groups excluding carboxylic acids is 1. The largest absolute Gasteiger partial charge is 0.380 e. The highest BCUT2D eigenvalue weighted by Gasteiger charge is 2.39. The summed E-state index contributed by atoms with van der Waals surface area (Å²) in [7, 11) is 0. The second kappa shape index (κ2) is 6.03. The van der Waals surface area contributed by atoms with Crippen molar-refractivity contribution in [1.82, 2.24) is 9.64 Å². The standard InChI is InChI=1S/C13H16FN3O3.ClH/c14-5-8(6-15)7-17-13(19)11-10(20-17)3-4-16(12(11)18)9-1-2-9;/h5,9H,1-4,6-7,15H2;1H/b8-5+;. The molecule has 0 bridgehead atoms. The topological polar surface area (TPSA) is 81.5 Å². The monoisotopic (exact) mass is 317 g/mol. The molecular weight excluding hydrogens is 301 g/mol. The number of aromatic nitrogens is 1. The number of nitrogens with zero attached hydrogens (tertiary/aromatic N) is 2. The van der Waals surface area contributed by atoms with Crippen molar-refractivity contribution < 1.29 is 13.7 Å². The van der Waals surface area contributed by atoms with Crippen LogP contribution in [0.2, 0.25) is 0 Å². The molecule has 1 saturated carbocycles. The molecule has 2 heterocycles. The minimum atomic E-state index is -0.497. The average Bonchev–Trinajstić information content (AvgIpc) is 3.22. The summed E-state index contributed by atoms with van der Waals surface area (Å²) in [6, 6.07) is 0.267. The highest BCUT2D eigenvalue weighted by molar-refractivity contribution is 5.96. The van der Waals surface area contributed by atoms with E-state index >= 15 is 0 Å². The van der Waals surface area contributed by atoms with E-state index in [1.807, 2.05) is 0 Å². The molecule has 1 aliphatic heterocycles. The molecule has 1 aromatic heterocycles. The van der Waals surface area contributed by atoms with Crippen LogP contribution in [0.4, 0.5) is 4.39 Å². The van der Waals surface area contributed by atoms with Gasteiger partial charge in [-0.05, 0) is 18.4 Å². The molecule has 6 nitrogen and oxygen atoms in total. The van der Waals surface area contributed by atoms with Crippen LogP contribution in [0.25, 0.3) is 0 Å². The van der Waals surface area contributed by atoms with Crippen LogP contribution in [0, 0.1) is 0 Å². The van der Waals surface area contributed by atoms with E-state index in [1.54, 1.807) is 4.90 Å². The van der Waals surface area contributed by atoms with Crippen molar-refractivity contribution in [2.45, 2.75) is 31.8 Å². The van der Waals surface area contributed by atoms with E-state index in [0.717, 1.165) is 17.6 Å². The lowest BCUT2D eigenvalue weighted by Gasteiger charge is -2.24. The number of amides is 1. The predicted molar refractivity (Wildman–Crippen MR) is 76.2 cm³/mol. The molecule has 0 unspecified atom stereocenters. The van der Waals surface area contributed by atoms with E-state index in [0.29, 0.717) is 25.1 Å². The number of halogens is 2. The highest BCUT2D eigenvalue weighted by atomic mass is 35.5. The predicted octanol–water partition coefficient (Wildman–Crippen LogP) is 0.836. The summed E-state index contributed by atoms with van der Waals surface area (Å²) >= 11 is 0. The zero-order valence-corrected chi connectivity index (χ0v) is 12.2. The molecule has 21 heavy (non-hydrogen) atoms. The number of hydrogen-bond acceptors (Lipinski definition) is 4. The molecule has 3 rings (SSSR count). The number of nitrogens with two attached hydrogens (primary N) is 1. The molecule has 0 atom stereocenters. The number of carbonyl (C=O) groups is 1. The Labute approximate surface area is 126 Å². The molecule has 0 aromatic carbocycles. The Balaban J connectivity index is 0.00000161. The lowest BCUT2D eigenvalue weighted by molar-refractivity contribution is 0.0716. The number of fused-ring (bicyclic) bond motifs is 1. The summed E-state index contributed by atoms with van der Waals surface area (Å²) in [5.41, 5.74) is 5.20. The fourth-order valence-electron chi connectivity index (χ4n) is 2.48. The maximum Gasteiger partial charge on any atom is 0.295 e. The smallest absolute Gasteiger partial charge is 0.295 e. The first kappa shape index (κ1) is 15.8. The molecule has 1 amide bonds. The molecule has 8 heteroatoms. The van der Waals surface area contributed by atoms with Crippen molar-refractivity contribution in [2.75, 3.05) is 13.1 Å². The molecule has 2 N–H and O–H groups in total. The molecule has 0 radical (unpaired) electrons. The van der Waals surface area contributed by atoms with Crippen LogP contribution in [-0.4, -0.2) is 34.7 Å². The van der Waals surface area contributed by atoms with Gasteiger partial charge in [0, 0.05) is 25.6 Å². The first-order chi connectivity index (χ1) is 9.65. The Bertz CT molecular complexity index is 633. The third-order valence-corrected chi connectivity index (χ3v) is 3.74. The van der Waals surface area contributed by atoms with Gasteiger partial charge in [0.15, 0.2) is 5.76 Å². The zero-order valence-electron chi connectivity index (χ0n) is 11.4. The van der Waals surface area contributed by atoms with Crippen LogP contribution in [0.1, 0.15) is 29.0 Å². The van der Waals surface area contributed by atoms with E-state index < -0.39 is 5.56 Å².